The number of nitro groups is 1. The van der Waals surface area contributed by atoms with Crippen LogP contribution in [0.2, 0.25) is 0 Å². The predicted molar refractivity (Wildman–Crippen MR) is 122 cm³/mol. The molecule has 0 aromatic heterocycles. The third kappa shape index (κ3) is 4.05. The molecule has 3 aromatic carbocycles. The molecule has 0 N–H and O–H groups in total. The summed E-state index contributed by atoms with van der Waals surface area (Å²) in [6.45, 7) is 3.84. The molecule has 1 heterocycles. The largest absolute Gasteiger partial charge is 0.304 e. The van der Waals surface area contributed by atoms with Gasteiger partial charge in [-0.3, -0.25) is 14.9 Å². The van der Waals surface area contributed by atoms with Gasteiger partial charge in [0.05, 0.1) is 16.3 Å². The number of carbonyl (C=O) groups is 1. The number of hydrogen-bond acceptors (Lipinski definition) is 4. The Balaban J connectivity index is 1.92. The molecule has 0 saturated carbocycles. The van der Waals surface area contributed by atoms with E-state index in [1.54, 1.807) is 35.2 Å². The number of rotatable bonds is 4. The van der Waals surface area contributed by atoms with Gasteiger partial charge in [0.1, 0.15) is 11.5 Å². The zero-order valence-corrected chi connectivity index (χ0v) is 17.5. The van der Waals surface area contributed by atoms with Gasteiger partial charge in [0.2, 0.25) is 0 Å². The fourth-order valence-corrected chi connectivity index (χ4v) is 3.63. The average Bonchev–Trinajstić information content (AvgIpc) is 2.89. The average molecular weight is 429 g/mol. The Labute approximate surface area is 184 Å². The Kier molecular flexibility index (Phi) is 5.64. The first-order valence-corrected chi connectivity index (χ1v) is 10.1. The van der Waals surface area contributed by atoms with Crippen LogP contribution in [0.15, 0.2) is 83.5 Å². The Bertz CT molecular complexity index is 1250. The minimum Gasteiger partial charge on any atom is -0.304 e. The van der Waals surface area contributed by atoms with Gasteiger partial charge in [-0.25, -0.2) is 9.38 Å². The van der Waals surface area contributed by atoms with Crippen LogP contribution in [-0.2, 0) is 4.79 Å². The lowest BCUT2D eigenvalue weighted by Crippen LogP contribution is -2.37. The number of anilines is 1. The lowest BCUT2D eigenvalue weighted by Gasteiger charge is -2.27. The SMILES string of the molecule is CC(C)N1C(=O)/C(=C/c2ccc([N+](=O)[O-])cc2)N=C(c2ccc(F)cc2)c2ccccc21. The molecule has 1 aliphatic heterocycles. The highest BCUT2D eigenvalue weighted by Gasteiger charge is 2.30. The van der Waals surface area contributed by atoms with Crippen LogP contribution < -0.4 is 4.90 Å². The van der Waals surface area contributed by atoms with Crippen LogP contribution in [0.3, 0.4) is 0 Å². The second-order valence-corrected chi connectivity index (χ2v) is 7.63. The number of benzodiazepines with no additional fused rings is 1. The van der Waals surface area contributed by atoms with Crippen molar-refractivity contribution < 1.29 is 14.1 Å². The van der Waals surface area contributed by atoms with E-state index < -0.39 is 4.92 Å². The number of benzene rings is 3. The molecule has 0 fully saturated rings. The van der Waals surface area contributed by atoms with Crippen molar-refractivity contribution in [2.75, 3.05) is 4.90 Å². The smallest absolute Gasteiger partial charge is 0.277 e. The van der Waals surface area contributed by atoms with Gasteiger partial charge >= 0.3 is 0 Å². The van der Waals surface area contributed by atoms with Crippen LogP contribution in [0, 0.1) is 15.9 Å². The minimum absolute atomic E-state index is 0.0361. The van der Waals surface area contributed by atoms with E-state index in [4.69, 9.17) is 4.99 Å². The van der Waals surface area contributed by atoms with Crippen LogP contribution in [0.25, 0.3) is 6.08 Å². The van der Waals surface area contributed by atoms with Crippen LogP contribution in [0.4, 0.5) is 15.8 Å². The first-order valence-electron chi connectivity index (χ1n) is 10.1. The van der Waals surface area contributed by atoms with E-state index in [2.05, 4.69) is 0 Å². The third-order valence-electron chi connectivity index (χ3n) is 5.13. The molecule has 160 valence electrons. The zero-order valence-electron chi connectivity index (χ0n) is 17.5. The molecular weight excluding hydrogens is 409 g/mol. The van der Waals surface area contributed by atoms with Crippen LogP contribution in [0.5, 0.6) is 0 Å². The summed E-state index contributed by atoms with van der Waals surface area (Å²) < 4.78 is 13.6. The molecule has 0 saturated heterocycles. The first-order chi connectivity index (χ1) is 15.3. The number of hydrogen-bond donors (Lipinski definition) is 0. The van der Waals surface area contributed by atoms with Gasteiger partial charge in [0, 0.05) is 29.3 Å². The van der Waals surface area contributed by atoms with E-state index >= 15 is 0 Å². The van der Waals surface area contributed by atoms with Crippen molar-refractivity contribution >= 4 is 29.1 Å². The Hall–Kier alpha value is -4.13. The van der Waals surface area contributed by atoms with Crippen LogP contribution >= 0.6 is 0 Å². The number of halogens is 1. The highest BCUT2D eigenvalue weighted by atomic mass is 19.1. The van der Waals surface area contributed by atoms with Crippen molar-refractivity contribution in [2.45, 2.75) is 19.9 Å². The van der Waals surface area contributed by atoms with Gasteiger partial charge in [-0.2, -0.15) is 0 Å². The molecule has 0 atom stereocenters. The van der Waals surface area contributed by atoms with Crippen molar-refractivity contribution in [3.63, 3.8) is 0 Å². The second kappa shape index (κ2) is 8.55. The number of nitro benzene ring substituents is 1. The van der Waals surface area contributed by atoms with Crippen molar-refractivity contribution in [3.05, 3.63) is 111 Å². The molecule has 32 heavy (non-hydrogen) atoms. The maximum absolute atomic E-state index is 13.6. The summed E-state index contributed by atoms with van der Waals surface area (Å²) in [5, 5.41) is 10.9. The van der Waals surface area contributed by atoms with E-state index in [1.807, 2.05) is 38.1 Å². The number of fused-ring (bicyclic) bond motifs is 1. The zero-order chi connectivity index (χ0) is 22.8. The van der Waals surface area contributed by atoms with Gasteiger partial charge in [-0.05, 0) is 68.0 Å². The Morgan fingerprint density at radius 1 is 1.00 bits per heavy atom. The van der Waals surface area contributed by atoms with E-state index in [9.17, 15) is 19.3 Å². The lowest BCUT2D eigenvalue weighted by molar-refractivity contribution is -0.384. The second-order valence-electron chi connectivity index (χ2n) is 7.63. The fourth-order valence-electron chi connectivity index (χ4n) is 3.63. The van der Waals surface area contributed by atoms with Crippen LogP contribution in [-0.4, -0.2) is 22.6 Å². The molecule has 7 heteroatoms. The third-order valence-corrected chi connectivity index (χ3v) is 5.13. The summed E-state index contributed by atoms with van der Waals surface area (Å²) in [6.07, 6.45) is 1.61. The first kappa shape index (κ1) is 21.1. The monoisotopic (exact) mass is 429 g/mol. The number of nitrogens with zero attached hydrogens (tertiary/aromatic N) is 3. The number of carbonyl (C=O) groups excluding carboxylic acids is 1. The van der Waals surface area contributed by atoms with Gasteiger partial charge in [0.15, 0.2) is 0 Å². The van der Waals surface area contributed by atoms with E-state index in [-0.39, 0.29) is 29.2 Å². The molecule has 0 unspecified atom stereocenters. The van der Waals surface area contributed by atoms with Gasteiger partial charge < -0.3 is 4.90 Å². The molecule has 0 spiro atoms. The molecule has 1 amide bonds. The number of non-ortho nitro benzene ring substituents is 1. The normalized spacial score (nSPS) is 14.9. The summed E-state index contributed by atoms with van der Waals surface area (Å²) in [6, 6.07) is 19.2. The minimum atomic E-state index is -0.477. The molecule has 0 aliphatic carbocycles. The van der Waals surface area contributed by atoms with E-state index in [0.29, 0.717) is 22.5 Å². The Morgan fingerprint density at radius 2 is 1.66 bits per heavy atom. The van der Waals surface area contributed by atoms with E-state index in [1.165, 1.54) is 24.3 Å². The molecule has 4 rings (SSSR count). The Morgan fingerprint density at radius 3 is 2.28 bits per heavy atom. The summed E-state index contributed by atoms with van der Waals surface area (Å²) in [7, 11) is 0. The topological polar surface area (TPSA) is 75.8 Å². The predicted octanol–water partition coefficient (Wildman–Crippen LogP) is 5.37. The summed E-state index contributed by atoms with van der Waals surface area (Å²) in [5.74, 6) is -0.652. The van der Waals surface area contributed by atoms with Crippen molar-refractivity contribution in [1.29, 1.82) is 0 Å². The number of aliphatic imine (C=N–C) groups is 1. The maximum atomic E-state index is 13.6. The highest BCUT2D eigenvalue weighted by molar-refractivity contribution is 6.23. The standard InChI is InChI=1S/C25H20FN3O3/c1-16(2)28-23-6-4-3-5-21(23)24(18-9-11-19(26)12-10-18)27-22(25(28)30)15-17-7-13-20(14-8-17)29(31)32/h3-16H,1-2H3/b22-15-. The number of amides is 1. The molecule has 1 aliphatic rings. The van der Waals surface area contributed by atoms with Gasteiger partial charge in [-0.15, -0.1) is 0 Å². The van der Waals surface area contributed by atoms with Crippen LogP contribution in [0.1, 0.15) is 30.5 Å². The molecular formula is C25H20FN3O3. The summed E-state index contributed by atoms with van der Waals surface area (Å²) in [5.41, 5.74) is 3.44. The van der Waals surface area contributed by atoms with Gasteiger partial charge in [0.25, 0.3) is 11.6 Å². The van der Waals surface area contributed by atoms with Crippen molar-refractivity contribution in [2.24, 2.45) is 4.99 Å². The maximum Gasteiger partial charge on any atom is 0.277 e. The molecule has 6 nitrogen and oxygen atoms in total. The highest BCUT2D eigenvalue weighted by Crippen LogP contribution is 2.32. The van der Waals surface area contributed by atoms with E-state index in [0.717, 1.165) is 5.56 Å². The summed E-state index contributed by atoms with van der Waals surface area (Å²) >= 11 is 0. The van der Waals surface area contributed by atoms with Gasteiger partial charge in [-0.1, -0.05) is 18.2 Å². The molecule has 0 bridgehead atoms. The number of para-hydroxylation sites is 1. The fraction of sp³-hybridized carbons (Fsp3) is 0.120. The lowest BCUT2D eigenvalue weighted by atomic mass is 10.00. The summed E-state index contributed by atoms with van der Waals surface area (Å²) in [4.78, 5) is 30.4. The molecule has 0 radical (unpaired) electrons. The van der Waals surface area contributed by atoms with Crippen molar-refractivity contribution in [1.82, 2.24) is 0 Å². The quantitative estimate of drug-likeness (QED) is 0.318. The molecule has 3 aromatic rings. The van der Waals surface area contributed by atoms with Crippen molar-refractivity contribution in [3.8, 4) is 0 Å².